The molecule has 4 rings (SSSR count). The molecule has 0 bridgehead atoms. The lowest BCUT2D eigenvalue weighted by Crippen LogP contribution is -2.54. The molecule has 2 aromatic heterocycles. The van der Waals surface area contributed by atoms with E-state index < -0.39 is 5.97 Å². The van der Waals surface area contributed by atoms with Gasteiger partial charge in [-0.2, -0.15) is 0 Å². The first-order valence-electron chi connectivity index (χ1n) is 12.4. The third-order valence-corrected chi connectivity index (χ3v) is 7.73. The fourth-order valence-corrected chi connectivity index (χ4v) is 5.52. The molecule has 2 fully saturated rings. The van der Waals surface area contributed by atoms with Crippen molar-refractivity contribution in [2.75, 3.05) is 4.90 Å². The number of aromatic nitrogens is 1. The molecule has 7 heteroatoms. The number of carboxylic acid groups (broad SMARTS) is 1. The van der Waals surface area contributed by atoms with E-state index in [1.54, 1.807) is 23.4 Å². The van der Waals surface area contributed by atoms with Crippen molar-refractivity contribution in [3.8, 4) is 17.6 Å². The zero-order valence-electron chi connectivity index (χ0n) is 20.9. The summed E-state index contributed by atoms with van der Waals surface area (Å²) in [6.45, 7) is 8.28. The Morgan fingerprint density at radius 1 is 1.20 bits per heavy atom. The summed E-state index contributed by atoms with van der Waals surface area (Å²) in [4.78, 5) is 32.8. The Bertz CT molecular complexity index is 1110. The number of hydrogen-bond donors (Lipinski definition) is 1. The van der Waals surface area contributed by atoms with Gasteiger partial charge >= 0.3 is 5.97 Å². The van der Waals surface area contributed by atoms with Crippen LogP contribution in [0.25, 0.3) is 0 Å². The first kappa shape index (κ1) is 25.2. The number of hydrogen-bond acceptors (Lipinski definition) is 5. The second-order valence-corrected chi connectivity index (χ2v) is 11.9. The molecule has 1 N–H and O–H groups in total. The predicted octanol–water partition coefficient (Wildman–Crippen LogP) is 6.01. The van der Waals surface area contributed by atoms with Crippen molar-refractivity contribution in [2.24, 2.45) is 17.3 Å². The highest BCUT2D eigenvalue weighted by molar-refractivity contribution is 7.15. The molecule has 0 radical (unpaired) electrons. The molecule has 0 atom stereocenters. The molecule has 35 heavy (non-hydrogen) atoms. The SMILES string of the molecule is CC(C)(C)C#Cc1cc(N(C(=O)[C@H]2CC[C@H](C)CC2)[C@H]2C[C@H](Oc3cccnc3)C2)c(C(=O)O)s1. The van der Waals surface area contributed by atoms with Gasteiger partial charge in [-0.25, -0.2) is 4.79 Å². The number of amides is 1. The number of pyridine rings is 1. The lowest BCUT2D eigenvalue weighted by Gasteiger charge is -2.44. The van der Waals surface area contributed by atoms with Gasteiger partial charge in [0, 0.05) is 36.4 Å². The summed E-state index contributed by atoms with van der Waals surface area (Å²) in [5, 5.41) is 9.99. The Labute approximate surface area is 211 Å². The maximum Gasteiger partial charge on any atom is 0.348 e. The number of aromatic carboxylic acids is 1. The first-order valence-corrected chi connectivity index (χ1v) is 13.2. The first-order chi connectivity index (χ1) is 16.6. The van der Waals surface area contributed by atoms with Crippen molar-refractivity contribution >= 4 is 28.9 Å². The quantitative estimate of drug-likeness (QED) is 0.498. The summed E-state index contributed by atoms with van der Waals surface area (Å²) in [5.41, 5.74) is 0.279. The fraction of sp³-hybridized carbons (Fsp3) is 0.536. The van der Waals surface area contributed by atoms with Crippen LogP contribution in [0.15, 0.2) is 30.6 Å². The summed E-state index contributed by atoms with van der Waals surface area (Å²) < 4.78 is 6.03. The minimum atomic E-state index is -1.02. The number of carbonyl (C=O) groups is 2. The molecule has 1 amide bonds. The molecule has 2 aliphatic rings. The van der Waals surface area contributed by atoms with Crippen molar-refractivity contribution in [3.05, 3.63) is 40.3 Å². The summed E-state index contributed by atoms with van der Waals surface area (Å²) in [5.74, 6) is 6.59. The lowest BCUT2D eigenvalue weighted by molar-refractivity contribution is -0.124. The summed E-state index contributed by atoms with van der Waals surface area (Å²) in [7, 11) is 0. The van der Waals surface area contributed by atoms with Crippen LogP contribution in [0.3, 0.4) is 0 Å². The zero-order chi connectivity index (χ0) is 25.2. The van der Waals surface area contributed by atoms with Gasteiger partial charge in [0.15, 0.2) is 0 Å². The van der Waals surface area contributed by atoms with Gasteiger partial charge in [0.05, 0.1) is 16.8 Å². The van der Waals surface area contributed by atoms with Gasteiger partial charge in [0.25, 0.3) is 0 Å². The average Bonchev–Trinajstić information content (AvgIpc) is 3.21. The van der Waals surface area contributed by atoms with Gasteiger partial charge in [-0.3, -0.25) is 9.78 Å². The number of carboxylic acids is 1. The molecule has 2 aliphatic carbocycles. The van der Waals surface area contributed by atoms with Crippen molar-refractivity contribution in [1.29, 1.82) is 0 Å². The van der Waals surface area contributed by atoms with Gasteiger partial charge < -0.3 is 14.7 Å². The number of nitrogens with zero attached hydrogens (tertiary/aromatic N) is 2. The van der Waals surface area contributed by atoms with E-state index in [1.165, 1.54) is 0 Å². The van der Waals surface area contributed by atoms with Gasteiger partial charge in [-0.05, 0) is 70.6 Å². The highest BCUT2D eigenvalue weighted by Gasteiger charge is 2.42. The number of thiophene rings is 1. The van der Waals surface area contributed by atoms with Crippen molar-refractivity contribution in [2.45, 2.75) is 78.4 Å². The molecule has 0 aliphatic heterocycles. The van der Waals surface area contributed by atoms with Crippen LogP contribution in [0.1, 0.15) is 80.8 Å². The van der Waals surface area contributed by atoms with Crippen LogP contribution in [0.5, 0.6) is 5.75 Å². The molecule has 6 nitrogen and oxygen atoms in total. The van der Waals surface area contributed by atoms with Crippen LogP contribution in [-0.4, -0.2) is 34.1 Å². The molecular formula is C28H34N2O4S. The number of anilines is 1. The molecule has 0 unspecified atom stereocenters. The Morgan fingerprint density at radius 3 is 2.51 bits per heavy atom. The molecule has 2 saturated carbocycles. The minimum absolute atomic E-state index is 0.0297. The molecule has 0 spiro atoms. The molecule has 2 heterocycles. The van der Waals surface area contributed by atoms with E-state index in [1.807, 2.05) is 32.9 Å². The Balaban J connectivity index is 1.61. The molecule has 0 aromatic carbocycles. The highest BCUT2D eigenvalue weighted by atomic mass is 32.1. The van der Waals surface area contributed by atoms with E-state index in [2.05, 4.69) is 23.7 Å². The van der Waals surface area contributed by atoms with Crippen LogP contribution >= 0.6 is 11.3 Å². The van der Waals surface area contributed by atoms with Crippen molar-refractivity contribution < 1.29 is 19.4 Å². The zero-order valence-corrected chi connectivity index (χ0v) is 21.7. The Kier molecular flexibility index (Phi) is 7.51. The second kappa shape index (κ2) is 10.4. The summed E-state index contributed by atoms with van der Waals surface area (Å²) in [6.07, 6.45) is 8.41. The average molecular weight is 495 g/mol. The minimum Gasteiger partial charge on any atom is -0.489 e. The van der Waals surface area contributed by atoms with Crippen LogP contribution in [0.2, 0.25) is 0 Å². The van der Waals surface area contributed by atoms with E-state index in [0.717, 1.165) is 37.0 Å². The van der Waals surface area contributed by atoms with Crippen LogP contribution in [0, 0.1) is 29.1 Å². The molecule has 2 aromatic rings. The third-order valence-electron chi connectivity index (χ3n) is 6.70. The highest BCUT2D eigenvalue weighted by Crippen LogP contribution is 2.40. The maximum atomic E-state index is 13.9. The van der Waals surface area contributed by atoms with E-state index in [4.69, 9.17) is 4.74 Å². The van der Waals surface area contributed by atoms with Gasteiger partial charge in [-0.15, -0.1) is 11.3 Å². The standard InChI is InChI=1S/C28H34N2O4S/c1-18-7-9-19(10-8-18)26(31)30(20-14-22(15-20)34-21-6-5-13-29-17-21)24-16-23(11-12-28(2,3)4)35-25(24)27(32)33/h5-6,13,16-20,22H,7-10,14-15H2,1-4H3,(H,32,33)/t18-,19-,20-,22-. The van der Waals surface area contributed by atoms with Gasteiger partial charge in [-0.1, -0.05) is 18.8 Å². The summed E-state index contributed by atoms with van der Waals surface area (Å²) in [6, 6.07) is 5.40. The van der Waals surface area contributed by atoms with Crippen molar-refractivity contribution in [3.63, 3.8) is 0 Å². The van der Waals surface area contributed by atoms with Gasteiger partial charge in [0.2, 0.25) is 5.91 Å². The normalized spacial score (nSPS) is 24.0. The van der Waals surface area contributed by atoms with E-state index >= 15 is 0 Å². The van der Waals surface area contributed by atoms with Gasteiger partial charge in [0.1, 0.15) is 16.7 Å². The largest absolute Gasteiger partial charge is 0.489 e. The molecular weight excluding hydrogens is 460 g/mol. The van der Waals surface area contributed by atoms with E-state index in [-0.39, 0.29) is 34.3 Å². The number of carbonyl (C=O) groups excluding carboxylic acids is 1. The predicted molar refractivity (Wildman–Crippen MR) is 138 cm³/mol. The Morgan fingerprint density at radius 2 is 1.91 bits per heavy atom. The maximum absolute atomic E-state index is 13.9. The topological polar surface area (TPSA) is 79.7 Å². The summed E-state index contributed by atoms with van der Waals surface area (Å²) >= 11 is 1.15. The van der Waals surface area contributed by atoms with E-state index in [9.17, 15) is 14.7 Å². The van der Waals surface area contributed by atoms with Crippen LogP contribution in [0.4, 0.5) is 5.69 Å². The second-order valence-electron chi connectivity index (χ2n) is 10.8. The molecule has 0 saturated heterocycles. The lowest BCUT2D eigenvalue weighted by atomic mass is 9.80. The molecule has 186 valence electrons. The Hall–Kier alpha value is -2.85. The monoisotopic (exact) mass is 494 g/mol. The van der Waals surface area contributed by atoms with Crippen LogP contribution < -0.4 is 9.64 Å². The fourth-order valence-electron chi connectivity index (χ4n) is 4.68. The third kappa shape index (κ3) is 6.24. The van der Waals surface area contributed by atoms with Crippen LogP contribution in [-0.2, 0) is 4.79 Å². The smallest absolute Gasteiger partial charge is 0.348 e. The van der Waals surface area contributed by atoms with E-state index in [0.29, 0.717) is 35.1 Å². The number of rotatable bonds is 6. The van der Waals surface area contributed by atoms with Crippen molar-refractivity contribution in [1.82, 2.24) is 4.98 Å². The number of ether oxygens (including phenoxy) is 1.